The molecule has 0 N–H and O–H groups in total. The van der Waals surface area contributed by atoms with Gasteiger partial charge >= 0.3 is 0 Å². The molecule has 0 amide bonds. The van der Waals surface area contributed by atoms with E-state index in [1.165, 1.54) is 30.2 Å². The van der Waals surface area contributed by atoms with E-state index >= 15 is 0 Å². The molecule has 0 radical (unpaired) electrons. The average molecular weight is 490 g/mol. The summed E-state index contributed by atoms with van der Waals surface area (Å²) in [6.45, 7) is 0. The standard InChI is InChI=1S/C26H20FN3O4S/c1-32-22-11-10-19(13-23(22)33-2)30-25(31)20-8-3-4-9-21(20)29-26(30)35-15-18-14-34-24(28-18)16-6-5-7-17(27)12-16/h3-14H,15H2,1-2H3. The Kier molecular flexibility index (Phi) is 6.24. The first-order valence-electron chi connectivity index (χ1n) is 10.6. The largest absolute Gasteiger partial charge is 0.493 e. The van der Waals surface area contributed by atoms with Crippen LogP contribution in [-0.2, 0) is 5.75 Å². The summed E-state index contributed by atoms with van der Waals surface area (Å²) in [4.78, 5) is 22.7. The molecule has 35 heavy (non-hydrogen) atoms. The Morgan fingerprint density at radius 1 is 0.971 bits per heavy atom. The minimum atomic E-state index is -0.365. The monoisotopic (exact) mass is 489 g/mol. The second kappa shape index (κ2) is 9.63. The van der Waals surface area contributed by atoms with Gasteiger partial charge in [-0.05, 0) is 42.5 Å². The molecule has 0 spiro atoms. The van der Waals surface area contributed by atoms with Gasteiger partial charge in [0.2, 0.25) is 5.89 Å². The average Bonchev–Trinajstić information content (AvgIpc) is 3.36. The highest BCUT2D eigenvalue weighted by Crippen LogP contribution is 2.31. The lowest BCUT2D eigenvalue weighted by molar-refractivity contribution is 0.354. The fraction of sp³-hybridized carbons (Fsp3) is 0.115. The molecular weight excluding hydrogens is 469 g/mol. The number of oxazole rings is 1. The van der Waals surface area contributed by atoms with Gasteiger partial charge in [-0.1, -0.05) is 30.0 Å². The highest BCUT2D eigenvalue weighted by Gasteiger charge is 2.17. The van der Waals surface area contributed by atoms with Crippen molar-refractivity contribution in [2.75, 3.05) is 14.2 Å². The van der Waals surface area contributed by atoms with Gasteiger partial charge in [-0.25, -0.2) is 14.4 Å². The maximum Gasteiger partial charge on any atom is 0.266 e. The minimum absolute atomic E-state index is 0.203. The van der Waals surface area contributed by atoms with Gasteiger partial charge in [0.15, 0.2) is 16.7 Å². The van der Waals surface area contributed by atoms with Crippen LogP contribution in [0.3, 0.4) is 0 Å². The van der Waals surface area contributed by atoms with E-state index in [4.69, 9.17) is 18.9 Å². The van der Waals surface area contributed by atoms with E-state index in [0.717, 1.165) is 0 Å². The number of ether oxygens (including phenoxy) is 2. The van der Waals surface area contributed by atoms with Crippen molar-refractivity contribution in [1.82, 2.24) is 14.5 Å². The molecule has 5 aromatic rings. The lowest BCUT2D eigenvalue weighted by Gasteiger charge is -2.15. The Morgan fingerprint density at radius 2 is 1.80 bits per heavy atom. The Morgan fingerprint density at radius 3 is 2.60 bits per heavy atom. The zero-order valence-corrected chi connectivity index (χ0v) is 19.7. The predicted octanol–water partition coefficient (Wildman–Crippen LogP) is 5.49. The fourth-order valence-electron chi connectivity index (χ4n) is 3.67. The zero-order chi connectivity index (χ0) is 24.4. The first-order valence-corrected chi connectivity index (χ1v) is 11.6. The molecule has 0 aliphatic carbocycles. The Balaban J connectivity index is 1.53. The molecule has 0 saturated heterocycles. The van der Waals surface area contributed by atoms with Gasteiger partial charge in [0.1, 0.15) is 12.1 Å². The van der Waals surface area contributed by atoms with Crippen LogP contribution >= 0.6 is 11.8 Å². The number of halogens is 1. The molecule has 0 fully saturated rings. The third-order valence-electron chi connectivity index (χ3n) is 5.34. The van der Waals surface area contributed by atoms with E-state index in [1.54, 1.807) is 67.3 Å². The number of rotatable bonds is 7. The number of aromatic nitrogens is 3. The van der Waals surface area contributed by atoms with Gasteiger partial charge in [0.25, 0.3) is 5.56 Å². The number of fused-ring (bicyclic) bond motifs is 1. The lowest BCUT2D eigenvalue weighted by Crippen LogP contribution is -2.21. The third-order valence-corrected chi connectivity index (χ3v) is 6.31. The summed E-state index contributed by atoms with van der Waals surface area (Å²) in [5.41, 5.74) is 2.17. The topological polar surface area (TPSA) is 79.4 Å². The minimum Gasteiger partial charge on any atom is -0.493 e. The first kappa shape index (κ1) is 22.7. The molecule has 0 unspecified atom stereocenters. The van der Waals surface area contributed by atoms with Crippen molar-refractivity contribution in [3.05, 3.63) is 94.9 Å². The molecule has 0 bridgehead atoms. The van der Waals surface area contributed by atoms with Crippen LogP contribution in [0.2, 0.25) is 0 Å². The van der Waals surface area contributed by atoms with E-state index in [-0.39, 0.29) is 11.4 Å². The number of hydrogen-bond acceptors (Lipinski definition) is 7. The molecular formula is C26H20FN3O4S. The van der Waals surface area contributed by atoms with Gasteiger partial charge in [-0.15, -0.1) is 0 Å². The lowest BCUT2D eigenvalue weighted by atomic mass is 10.2. The van der Waals surface area contributed by atoms with E-state index < -0.39 is 0 Å². The maximum atomic E-state index is 13.6. The number of methoxy groups -OCH3 is 2. The van der Waals surface area contributed by atoms with Crippen molar-refractivity contribution < 1.29 is 18.3 Å². The molecule has 0 saturated carbocycles. The highest BCUT2D eigenvalue weighted by molar-refractivity contribution is 7.98. The normalized spacial score (nSPS) is 11.1. The number of hydrogen-bond donors (Lipinski definition) is 0. The Labute approximate surface area is 204 Å². The van der Waals surface area contributed by atoms with E-state index in [9.17, 15) is 9.18 Å². The van der Waals surface area contributed by atoms with Gasteiger partial charge in [0.05, 0.1) is 36.5 Å². The number of benzene rings is 3. The van der Waals surface area contributed by atoms with Crippen LogP contribution in [0.5, 0.6) is 11.5 Å². The molecule has 0 aliphatic rings. The highest BCUT2D eigenvalue weighted by atomic mass is 32.2. The number of thioether (sulfide) groups is 1. The summed E-state index contributed by atoms with van der Waals surface area (Å²) >= 11 is 1.34. The first-order chi connectivity index (χ1) is 17.1. The van der Waals surface area contributed by atoms with Crippen LogP contribution in [0.1, 0.15) is 5.69 Å². The van der Waals surface area contributed by atoms with E-state index in [0.29, 0.717) is 56.1 Å². The van der Waals surface area contributed by atoms with Crippen molar-refractivity contribution in [2.24, 2.45) is 0 Å². The van der Waals surface area contributed by atoms with Gasteiger partial charge in [0, 0.05) is 17.4 Å². The van der Waals surface area contributed by atoms with E-state index in [2.05, 4.69) is 4.98 Å². The zero-order valence-electron chi connectivity index (χ0n) is 18.9. The van der Waals surface area contributed by atoms with E-state index in [1.807, 2.05) is 6.07 Å². The molecule has 176 valence electrons. The molecule has 2 aromatic heterocycles. The molecule has 0 atom stereocenters. The predicted molar refractivity (Wildman–Crippen MR) is 132 cm³/mol. The molecule has 3 aromatic carbocycles. The van der Waals surface area contributed by atoms with Gasteiger partial charge < -0.3 is 13.9 Å². The van der Waals surface area contributed by atoms with Crippen molar-refractivity contribution in [3.8, 4) is 28.6 Å². The summed E-state index contributed by atoms with van der Waals surface area (Å²) in [5.74, 6) is 1.40. The summed E-state index contributed by atoms with van der Waals surface area (Å²) in [7, 11) is 3.10. The summed E-state index contributed by atoms with van der Waals surface area (Å²) in [5, 5.41) is 0.984. The van der Waals surface area contributed by atoms with Crippen molar-refractivity contribution >= 4 is 22.7 Å². The fourth-order valence-corrected chi connectivity index (χ4v) is 4.56. The van der Waals surface area contributed by atoms with Crippen LogP contribution in [0, 0.1) is 5.82 Å². The second-order valence-electron chi connectivity index (χ2n) is 7.53. The van der Waals surface area contributed by atoms with Crippen LogP contribution < -0.4 is 15.0 Å². The molecule has 2 heterocycles. The Hall–Kier alpha value is -4.11. The van der Waals surface area contributed by atoms with Crippen LogP contribution in [0.15, 0.2) is 87.4 Å². The number of nitrogens with zero attached hydrogens (tertiary/aromatic N) is 3. The number of para-hydroxylation sites is 1. The maximum absolute atomic E-state index is 13.6. The van der Waals surface area contributed by atoms with Crippen LogP contribution in [0.4, 0.5) is 4.39 Å². The smallest absolute Gasteiger partial charge is 0.266 e. The SMILES string of the molecule is COc1ccc(-n2c(SCc3coc(-c4cccc(F)c4)n3)nc3ccccc3c2=O)cc1OC. The molecule has 0 aliphatic heterocycles. The quantitative estimate of drug-likeness (QED) is 0.221. The summed E-state index contributed by atoms with van der Waals surface area (Å²) < 4.78 is 31.4. The van der Waals surface area contributed by atoms with Gasteiger partial charge in [-0.3, -0.25) is 9.36 Å². The van der Waals surface area contributed by atoms with Crippen LogP contribution in [0.25, 0.3) is 28.0 Å². The molecule has 7 nitrogen and oxygen atoms in total. The van der Waals surface area contributed by atoms with Crippen LogP contribution in [-0.4, -0.2) is 28.8 Å². The Bertz CT molecular complexity index is 1580. The molecule has 5 rings (SSSR count). The summed E-state index contributed by atoms with van der Waals surface area (Å²) in [6.07, 6.45) is 1.52. The van der Waals surface area contributed by atoms with Gasteiger partial charge in [-0.2, -0.15) is 0 Å². The third kappa shape index (κ3) is 4.50. The molecule has 9 heteroatoms. The van der Waals surface area contributed by atoms with Crippen molar-refractivity contribution in [3.63, 3.8) is 0 Å². The van der Waals surface area contributed by atoms with Crippen molar-refractivity contribution in [1.29, 1.82) is 0 Å². The van der Waals surface area contributed by atoms with Crippen molar-refractivity contribution in [2.45, 2.75) is 10.9 Å². The second-order valence-corrected chi connectivity index (χ2v) is 8.48. The summed E-state index contributed by atoms with van der Waals surface area (Å²) in [6, 6.07) is 18.5.